The van der Waals surface area contributed by atoms with Gasteiger partial charge in [-0.1, -0.05) is 39.0 Å². The number of unbranched alkanes of at least 4 members (excludes halogenated alkanes) is 4. The highest BCUT2D eigenvalue weighted by Gasteiger charge is 2.50. The van der Waals surface area contributed by atoms with Gasteiger partial charge in [-0.25, -0.2) is 0 Å². The molecular formula is C10H18Cl2. The molecule has 1 aliphatic carbocycles. The van der Waals surface area contributed by atoms with Gasteiger partial charge in [-0.05, 0) is 18.8 Å². The number of hydrogen-bond donors (Lipinski definition) is 0. The summed E-state index contributed by atoms with van der Waals surface area (Å²) in [5.41, 5.74) is 0. The van der Waals surface area contributed by atoms with Crippen LogP contribution in [-0.2, 0) is 0 Å². The van der Waals surface area contributed by atoms with Gasteiger partial charge in [-0.2, -0.15) is 0 Å². The minimum absolute atomic E-state index is 0.343. The van der Waals surface area contributed by atoms with Crippen molar-refractivity contribution in [3.63, 3.8) is 0 Å². The fraction of sp³-hybridized carbons (Fsp3) is 1.00. The van der Waals surface area contributed by atoms with Gasteiger partial charge in [0.15, 0.2) is 0 Å². The smallest absolute Gasteiger partial charge is 0.101 e. The number of halogens is 2. The molecule has 1 saturated carbocycles. The van der Waals surface area contributed by atoms with Gasteiger partial charge in [0, 0.05) is 0 Å². The molecule has 0 bridgehead atoms. The first-order valence-corrected chi connectivity index (χ1v) is 5.80. The zero-order chi connectivity index (χ0) is 9.03. The van der Waals surface area contributed by atoms with E-state index in [0.717, 1.165) is 6.42 Å². The predicted molar refractivity (Wildman–Crippen MR) is 55.9 cm³/mol. The van der Waals surface area contributed by atoms with Crippen LogP contribution in [-0.4, -0.2) is 4.33 Å². The second-order valence-electron chi connectivity index (χ2n) is 3.86. The molecule has 0 spiro atoms. The highest BCUT2D eigenvalue weighted by Crippen LogP contribution is 2.55. The topological polar surface area (TPSA) is 0 Å². The Morgan fingerprint density at radius 3 is 2.25 bits per heavy atom. The quantitative estimate of drug-likeness (QED) is 0.445. The highest BCUT2D eigenvalue weighted by atomic mass is 35.5. The van der Waals surface area contributed by atoms with Crippen molar-refractivity contribution < 1.29 is 0 Å². The van der Waals surface area contributed by atoms with Gasteiger partial charge in [0.05, 0.1) is 0 Å². The van der Waals surface area contributed by atoms with Gasteiger partial charge in [-0.15, -0.1) is 23.2 Å². The first-order chi connectivity index (χ1) is 5.67. The Bertz CT molecular complexity index is 132. The van der Waals surface area contributed by atoms with Gasteiger partial charge >= 0.3 is 0 Å². The highest BCUT2D eigenvalue weighted by molar-refractivity contribution is 6.50. The molecule has 0 aliphatic heterocycles. The monoisotopic (exact) mass is 208 g/mol. The van der Waals surface area contributed by atoms with Gasteiger partial charge in [-0.3, -0.25) is 0 Å². The normalized spacial score (nSPS) is 25.8. The second kappa shape index (κ2) is 4.72. The summed E-state index contributed by atoms with van der Waals surface area (Å²) in [6, 6.07) is 0. The van der Waals surface area contributed by atoms with Crippen LogP contribution >= 0.6 is 23.2 Å². The maximum Gasteiger partial charge on any atom is 0.121 e. The van der Waals surface area contributed by atoms with Crippen LogP contribution in [0.4, 0.5) is 0 Å². The Morgan fingerprint density at radius 1 is 1.17 bits per heavy atom. The molecule has 1 atom stereocenters. The predicted octanol–water partition coefficient (Wildman–Crippen LogP) is 4.54. The molecule has 0 nitrogen and oxygen atoms in total. The largest absolute Gasteiger partial charge is 0.121 e. The van der Waals surface area contributed by atoms with Gasteiger partial charge in [0.1, 0.15) is 4.33 Å². The van der Waals surface area contributed by atoms with Crippen molar-refractivity contribution in [2.45, 2.75) is 56.2 Å². The Kier molecular flexibility index (Phi) is 4.19. The summed E-state index contributed by atoms with van der Waals surface area (Å²) in [6.45, 7) is 2.24. The second-order valence-corrected chi connectivity index (χ2v) is 5.41. The lowest BCUT2D eigenvalue weighted by atomic mass is 10.1. The zero-order valence-corrected chi connectivity index (χ0v) is 9.29. The van der Waals surface area contributed by atoms with E-state index in [1.807, 2.05) is 0 Å². The molecule has 1 aliphatic rings. The Labute approximate surface area is 85.6 Å². The summed E-state index contributed by atoms with van der Waals surface area (Å²) >= 11 is 11.8. The SMILES string of the molecule is CCCCCCCC1CC1(Cl)Cl. The molecular weight excluding hydrogens is 191 g/mol. The third-order valence-corrected chi connectivity index (χ3v) is 3.54. The van der Waals surface area contributed by atoms with E-state index in [1.54, 1.807) is 0 Å². The fourth-order valence-electron chi connectivity index (χ4n) is 1.58. The minimum Gasteiger partial charge on any atom is -0.101 e. The van der Waals surface area contributed by atoms with E-state index in [-0.39, 0.29) is 4.33 Å². The van der Waals surface area contributed by atoms with Crippen LogP contribution in [0.3, 0.4) is 0 Å². The Hall–Kier alpha value is 0.580. The summed E-state index contributed by atoms with van der Waals surface area (Å²) in [5.74, 6) is 0.599. The first kappa shape index (κ1) is 10.7. The maximum atomic E-state index is 5.91. The lowest BCUT2D eigenvalue weighted by molar-refractivity contribution is 0.578. The Balaban J connectivity index is 1.85. The van der Waals surface area contributed by atoms with Crippen molar-refractivity contribution in [2.24, 2.45) is 5.92 Å². The van der Waals surface area contributed by atoms with Crippen LogP contribution in [0.15, 0.2) is 0 Å². The zero-order valence-electron chi connectivity index (χ0n) is 7.78. The average Bonchev–Trinajstić information content (AvgIpc) is 2.59. The van der Waals surface area contributed by atoms with Crippen LogP contribution in [0, 0.1) is 5.92 Å². The van der Waals surface area contributed by atoms with Crippen molar-refractivity contribution in [3.8, 4) is 0 Å². The van der Waals surface area contributed by atoms with Crippen LogP contribution in [0.5, 0.6) is 0 Å². The summed E-state index contributed by atoms with van der Waals surface area (Å²) in [5, 5.41) is 0. The Morgan fingerprint density at radius 2 is 1.75 bits per heavy atom. The number of alkyl halides is 2. The molecule has 1 fully saturated rings. The van der Waals surface area contributed by atoms with Crippen molar-refractivity contribution in [3.05, 3.63) is 0 Å². The van der Waals surface area contributed by atoms with Crippen molar-refractivity contribution >= 4 is 23.2 Å². The minimum atomic E-state index is -0.343. The third-order valence-electron chi connectivity index (χ3n) is 2.61. The molecule has 0 aromatic heterocycles. The average molecular weight is 209 g/mol. The van der Waals surface area contributed by atoms with Crippen LogP contribution in [0.25, 0.3) is 0 Å². The van der Waals surface area contributed by atoms with E-state index in [2.05, 4.69) is 6.92 Å². The number of hydrogen-bond acceptors (Lipinski definition) is 0. The lowest BCUT2D eigenvalue weighted by Crippen LogP contribution is -1.90. The van der Waals surface area contributed by atoms with Gasteiger partial charge in [0.25, 0.3) is 0 Å². The summed E-state index contributed by atoms with van der Waals surface area (Å²) in [7, 11) is 0. The van der Waals surface area contributed by atoms with E-state index in [0.29, 0.717) is 5.92 Å². The lowest BCUT2D eigenvalue weighted by Gasteiger charge is -2.00. The third kappa shape index (κ3) is 3.53. The molecule has 0 N–H and O–H groups in total. The molecule has 2 heteroatoms. The van der Waals surface area contributed by atoms with Crippen LogP contribution < -0.4 is 0 Å². The standard InChI is InChI=1S/C10H18Cl2/c1-2-3-4-5-6-7-9-8-10(9,11)12/h9H,2-8H2,1H3. The fourth-order valence-corrected chi connectivity index (χ4v) is 2.17. The molecule has 1 rings (SSSR count). The van der Waals surface area contributed by atoms with Crippen molar-refractivity contribution in [1.82, 2.24) is 0 Å². The summed E-state index contributed by atoms with van der Waals surface area (Å²) < 4.78 is -0.343. The first-order valence-electron chi connectivity index (χ1n) is 5.04. The molecule has 0 aromatic rings. The number of rotatable bonds is 6. The van der Waals surface area contributed by atoms with Gasteiger partial charge in [0.2, 0.25) is 0 Å². The molecule has 0 radical (unpaired) electrons. The van der Waals surface area contributed by atoms with Crippen LogP contribution in [0.2, 0.25) is 0 Å². The molecule has 0 heterocycles. The molecule has 72 valence electrons. The van der Waals surface area contributed by atoms with E-state index < -0.39 is 0 Å². The maximum absolute atomic E-state index is 5.91. The molecule has 0 saturated heterocycles. The van der Waals surface area contributed by atoms with Crippen molar-refractivity contribution in [2.75, 3.05) is 0 Å². The summed E-state index contributed by atoms with van der Waals surface area (Å²) in [4.78, 5) is 0. The summed E-state index contributed by atoms with van der Waals surface area (Å²) in [6.07, 6.45) is 8.98. The molecule has 1 unspecified atom stereocenters. The van der Waals surface area contributed by atoms with Crippen molar-refractivity contribution in [1.29, 1.82) is 0 Å². The van der Waals surface area contributed by atoms with E-state index in [4.69, 9.17) is 23.2 Å². The molecule has 12 heavy (non-hydrogen) atoms. The van der Waals surface area contributed by atoms with E-state index in [9.17, 15) is 0 Å². The van der Waals surface area contributed by atoms with E-state index >= 15 is 0 Å². The van der Waals surface area contributed by atoms with Crippen LogP contribution in [0.1, 0.15) is 51.9 Å². The molecule has 0 amide bonds. The molecule has 0 aromatic carbocycles. The van der Waals surface area contributed by atoms with Gasteiger partial charge < -0.3 is 0 Å². The van der Waals surface area contributed by atoms with E-state index in [1.165, 1.54) is 38.5 Å².